The maximum absolute atomic E-state index is 12.5. The quantitative estimate of drug-likeness (QED) is 0.662. The number of rotatable bonds is 4. The van der Waals surface area contributed by atoms with E-state index < -0.39 is 5.56 Å². The minimum atomic E-state index is -0.527. The fourth-order valence-electron chi connectivity index (χ4n) is 2.76. The van der Waals surface area contributed by atoms with E-state index in [1.807, 2.05) is 6.07 Å². The van der Waals surface area contributed by atoms with Gasteiger partial charge in [-0.15, -0.1) is 5.92 Å². The molecule has 2 aromatic heterocycles. The fourth-order valence-corrected chi connectivity index (χ4v) is 3.06. The lowest BCUT2D eigenvalue weighted by Gasteiger charge is -2.10. The van der Waals surface area contributed by atoms with Crippen LogP contribution in [-0.4, -0.2) is 27.0 Å². The van der Waals surface area contributed by atoms with E-state index in [0.29, 0.717) is 22.6 Å². The number of nitriles is 1. The number of hydrogen-bond acceptors (Lipinski definition) is 5. The molecule has 28 heavy (non-hydrogen) atoms. The molecule has 140 valence electrons. The lowest BCUT2D eigenvalue weighted by Crippen LogP contribution is -2.08. The van der Waals surface area contributed by atoms with Crippen LogP contribution in [0.4, 0.5) is 0 Å². The van der Waals surface area contributed by atoms with Crippen LogP contribution < -0.4 is 10.3 Å². The summed E-state index contributed by atoms with van der Waals surface area (Å²) in [5.41, 5.74) is 1.34. The van der Waals surface area contributed by atoms with E-state index in [1.54, 1.807) is 31.2 Å². The number of H-pyrrole nitrogens is 1. The second kappa shape index (κ2) is 7.91. The van der Waals surface area contributed by atoms with Gasteiger partial charge in [0, 0.05) is 11.8 Å². The van der Waals surface area contributed by atoms with Gasteiger partial charge in [-0.05, 0) is 31.2 Å². The summed E-state index contributed by atoms with van der Waals surface area (Å²) in [5.74, 6) is 5.67. The van der Waals surface area contributed by atoms with Crippen LogP contribution in [0.25, 0.3) is 11.1 Å². The Hall–Kier alpha value is -3.68. The summed E-state index contributed by atoms with van der Waals surface area (Å²) < 4.78 is 6.61. The Labute approximate surface area is 165 Å². The van der Waals surface area contributed by atoms with Gasteiger partial charge < -0.3 is 9.84 Å². The Bertz CT molecular complexity index is 1190. The van der Waals surface area contributed by atoms with Gasteiger partial charge in [-0.25, -0.2) is 4.68 Å². The number of hydrogen-bond donors (Lipinski definition) is 2. The van der Waals surface area contributed by atoms with Crippen molar-refractivity contribution in [2.24, 2.45) is 0 Å². The summed E-state index contributed by atoms with van der Waals surface area (Å²) >= 11 is 6.37. The first kappa shape index (κ1) is 19.1. The van der Waals surface area contributed by atoms with Crippen molar-refractivity contribution >= 4 is 11.6 Å². The molecule has 2 heterocycles. The number of aromatic hydroxyl groups is 1. The van der Waals surface area contributed by atoms with Gasteiger partial charge in [0.05, 0.1) is 35.5 Å². The molecule has 0 atom stereocenters. The second-order valence-corrected chi connectivity index (χ2v) is 6.19. The normalized spacial score (nSPS) is 10.1. The van der Waals surface area contributed by atoms with Gasteiger partial charge in [0.2, 0.25) is 5.88 Å². The summed E-state index contributed by atoms with van der Waals surface area (Å²) in [7, 11) is 1.45. The molecule has 0 bridgehead atoms. The number of methoxy groups -OCH3 is 1. The molecule has 0 aliphatic heterocycles. The second-order valence-electron chi connectivity index (χ2n) is 5.79. The van der Waals surface area contributed by atoms with Crippen LogP contribution >= 0.6 is 11.6 Å². The van der Waals surface area contributed by atoms with Gasteiger partial charge in [0.1, 0.15) is 17.4 Å². The topological polar surface area (TPSA) is 104 Å². The molecule has 3 rings (SSSR count). The minimum absolute atomic E-state index is 0.00787. The van der Waals surface area contributed by atoms with Gasteiger partial charge in [0.15, 0.2) is 0 Å². The Balaban J connectivity index is 2.08. The molecule has 1 aromatic carbocycles. The number of halogens is 1. The summed E-state index contributed by atoms with van der Waals surface area (Å²) in [4.78, 5) is 16.7. The predicted octanol–water partition coefficient (Wildman–Crippen LogP) is 2.90. The van der Waals surface area contributed by atoms with Gasteiger partial charge in [-0.3, -0.25) is 14.9 Å². The molecular weight excluding hydrogens is 380 g/mol. The SMILES string of the molecule is CC#Cc1cc(Cl)c(-c2c(O)n(Cc3ccc(C#N)cn3)[nH]c2=O)c(OC)c1. The van der Waals surface area contributed by atoms with Gasteiger partial charge >= 0.3 is 0 Å². The molecule has 0 fully saturated rings. The highest BCUT2D eigenvalue weighted by atomic mass is 35.5. The lowest BCUT2D eigenvalue weighted by atomic mass is 10.0. The van der Waals surface area contributed by atoms with E-state index in [2.05, 4.69) is 21.9 Å². The molecule has 0 radical (unpaired) electrons. The van der Waals surface area contributed by atoms with Crippen LogP contribution in [0.2, 0.25) is 5.02 Å². The molecule has 0 saturated carbocycles. The summed E-state index contributed by atoms with van der Waals surface area (Å²) in [5, 5.41) is 22.3. The molecule has 0 unspecified atom stereocenters. The van der Waals surface area contributed by atoms with E-state index in [-0.39, 0.29) is 28.6 Å². The zero-order valence-corrected chi connectivity index (χ0v) is 15.8. The third kappa shape index (κ3) is 3.57. The van der Waals surface area contributed by atoms with Crippen molar-refractivity contribution < 1.29 is 9.84 Å². The Morgan fingerprint density at radius 3 is 2.71 bits per heavy atom. The maximum Gasteiger partial charge on any atom is 0.276 e. The smallest absolute Gasteiger partial charge is 0.276 e. The zero-order chi connectivity index (χ0) is 20.3. The first-order chi connectivity index (χ1) is 13.5. The largest absolute Gasteiger partial charge is 0.496 e. The highest BCUT2D eigenvalue weighted by molar-refractivity contribution is 6.34. The molecule has 0 spiro atoms. The first-order valence-corrected chi connectivity index (χ1v) is 8.53. The zero-order valence-electron chi connectivity index (χ0n) is 15.1. The number of nitrogens with one attached hydrogen (secondary N) is 1. The Morgan fingerprint density at radius 1 is 1.32 bits per heavy atom. The highest BCUT2D eigenvalue weighted by Crippen LogP contribution is 2.39. The number of ether oxygens (including phenoxy) is 1. The summed E-state index contributed by atoms with van der Waals surface area (Å²) in [6.45, 7) is 1.80. The number of nitrogens with zero attached hydrogens (tertiary/aromatic N) is 3. The van der Waals surface area contributed by atoms with E-state index in [9.17, 15) is 9.90 Å². The molecule has 0 saturated heterocycles. The van der Waals surface area contributed by atoms with Gasteiger partial charge in [-0.1, -0.05) is 17.5 Å². The number of benzene rings is 1. The van der Waals surface area contributed by atoms with Crippen molar-refractivity contribution in [3.63, 3.8) is 0 Å². The van der Waals surface area contributed by atoms with Gasteiger partial charge in [-0.2, -0.15) is 5.26 Å². The van der Waals surface area contributed by atoms with Crippen LogP contribution in [0.15, 0.2) is 35.3 Å². The molecule has 3 aromatic rings. The van der Waals surface area contributed by atoms with Crippen LogP contribution in [-0.2, 0) is 6.54 Å². The standard InChI is InChI=1S/C20H15ClN4O3/c1-3-4-12-7-15(21)17(16(8-12)28-2)18-19(26)24-25(20(18)27)11-14-6-5-13(9-22)10-23-14/h5-8,10,27H,11H2,1-2H3,(H,24,26). The molecule has 0 aliphatic carbocycles. The van der Waals surface area contributed by atoms with E-state index in [0.717, 1.165) is 0 Å². The van der Waals surface area contributed by atoms with Crippen molar-refractivity contribution in [1.29, 1.82) is 5.26 Å². The molecule has 8 heteroatoms. The summed E-state index contributed by atoms with van der Waals surface area (Å²) in [6.07, 6.45) is 1.42. The summed E-state index contributed by atoms with van der Waals surface area (Å²) in [6, 6.07) is 8.48. The maximum atomic E-state index is 12.5. The first-order valence-electron chi connectivity index (χ1n) is 8.16. The molecule has 7 nitrogen and oxygen atoms in total. The number of aromatic amines is 1. The lowest BCUT2D eigenvalue weighted by molar-refractivity contribution is 0.406. The predicted molar refractivity (Wildman–Crippen MR) is 104 cm³/mol. The van der Waals surface area contributed by atoms with Crippen molar-refractivity contribution in [2.45, 2.75) is 13.5 Å². The average Bonchev–Trinajstić information content (AvgIpc) is 2.95. The van der Waals surface area contributed by atoms with E-state index in [1.165, 1.54) is 18.0 Å². The third-order valence-electron chi connectivity index (χ3n) is 4.01. The number of aromatic nitrogens is 3. The van der Waals surface area contributed by atoms with Gasteiger partial charge in [0.25, 0.3) is 5.56 Å². The number of pyridine rings is 1. The van der Waals surface area contributed by atoms with E-state index in [4.69, 9.17) is 21.6 Å². The molecule has 0 amide bonds. The third-order valence-corrected chi connectivity index (χ3v) is 4.31. The van der Waals surface area contributed by atoms with Crippen molar-refractivity contribution in [3.05, 3.63) is 62.7 Å². The monoisotopic (exact) mass is 394 g/mol. The van der Waals surface area contributed by atoms with Crippen molar-refractivity contribution in [3.8, 4) is 40.7 Å². The van der Waals surface area contributed by atoms with Crippen molar-refractivity contribution in [2.75, 3.05) is 7.11 Å². The van der Waals surface area contributed by atoms with Crippen LogP contribution in [0.3, 0.4) is 0 Å². The molecule has 2 N–H and O–H groups in total. The molecule has 0 aliphatic rings. The Morgan fingerprint density at radius 2 is 2.11 bits per heavy atom. The minimum Gasteiger partial charge on any atom is -0.496 e. The van der Waals surface area contributed by atoms with Crippen LogP contribution in [0.5, 0.6) is 11.6 Å². The van der Waals surface area contributed by atoms with Crippen molar-refractivity contribution in [1.82, 2.24) is 14.8 Å². The van der Waals surface area contributed by atoms with Crippen LogP contribution in [0.1, 0.15) is 23.7 Å². The van der Waals surface area contributed by atoms with Crippen LogP contribution in [0, 0.1) is 23.2 Å². The van der Waals surface area contributed by atoms with E-state index >= 15 is 0 Å². The molecular formula is C20H15ClN4O3. The fraction of sp³-hybridized carbons (Fsp3) is 0.150. The average molecular weight is 395 g/mol. The Kier molecular flexibility index (Phi) is 5.39. The highest BCUT2D eigenvalue weighted by Gasteiger charge is 2.23.